The molecule has 0 aliphatic heterocycles. The van der Waals surface area contributed by atoms with Crippen molar-refractivity contribution in [3.05, 3.63) is 21.3 Å². The van der Waals surface area contributed by atoms with E-state index in [9.17, 15) is 29.9 Å². The second kappa shape index (κ2) is 8.37. The molecule has 0 fully saturated rings. The minimum Gasteiger partial charge on any atom is -0.481 e. The average molecular weight is 385 g/mol. The second-order valence-electron chi connectivity index (χ2n) is 8.05. The lowest BCUT2D eigenvalue weighted by atomic mass is 9.54. The zero-order valence-electron chi connectivity index (χ0n) is 16.9. The van der Waals surface area contributed by atoms with Gasteiger partial charge in [-0.1, -0.05) is 41.5 Å². The molecule has 0 saturated carbocycles. The van der Waals surface area contributed by atoms with Crippen LogP contribution in [0.15, 0.2) is 11.1 Å². The van der Waals surface area contributed by atoms with Crippen molar-refractivity contribution in [2.45, 2.75) is 85.5 Å². The van der Waals surface area contributed by atoms with Crippen molar-refractivity contribution in [1.29, 1.82) is 0 Å². The van der Waals surface area contributed by atoms with Crippen molar-refractivity contribution in [3.8, 4) is 0 Å². The molecule has 1 aliphatic carbocycles. The Bertz CT molecular complexity index is 630. The Hall–Kier alpha value is -1.96. The Morgan fingerprint density at radius 2 is 1.78 bits per heavy atom. The van der Waals surface area contributed by atoms with E-state index in [1.54, 1.807) is 27.7 Å². The van der Waals surface area contributed by atoms with E-state index >= 15 is 0 Å². The van der Waals surface area contributed by atoms with E-state index < -0.39 is 46.3 Å². The summed E-state index contributed by atoms with van der Waals surface area (Å²) in [6, 6.07) is -1.60. The molecular formula is C19H31NO7. The van der Waals surface area contributed by atoms with Gasteiger partial charge < -0.3 is 14.9 Å². The van der Waals surface area contributed by atoms with Crippen LogP contribution >= 0.6 is 0 Å². The van der Waals surface area contributed by atoms with Gasteiger partial charge in [0.2, 0.25) is 6.04 Å². The fraction of sp³-hybridized carbons (Fsp3) is 0.789. The monoisotopic (exact) mass is 385 g/mol. The highest BCUT2D eigenvalue weighted by Gasteiger charge is 2.69. The maximum atomic E-state index is 12.6. The van der Waals surface area contributed by atoms with Gasteiger partial charge in [0.15, 0.2) is 5.41 Å². The molecule has 8 nitrogen and oxygen atoms in total. The third-order valence-corrected chi connectivity index (χ3v) is 5.77. The molecule has 27 heavy (non-hydrogen) atoms. The van der Waals surface area contributed by atoms with Crippen LogP contribution in [-0.2, 0) is 14.3 Å². The number of carboxylic acids is 2. The standard InChI is InChI=1S/C19H31NO7/c1-7-11(8-2)27-15-12(9-3)13(16(21)22)10-14(20(25)26)19(15,17(23)24)18(4,5)6/h11,14-15H,7-10H2,1-6H3,(H,21,22)(H,23,24)/t14-,15+,19+/m1/s1. The molecule has 154 valence electrons. The van der Waals surface area contributed by atoms with Crippen LogP contribution in [0.2, 0.25) is 0 Å². The number of rotatable bonds is 8. The number of hydrogen-bond acceptors (Lipinski definition) is 5. The molecule has 0 aromatic heterocycles. The summed E-state index contributed by atoms with van der Waals surface area (Å²) in [5.74, 6) is -2.59. The highest BCUT2D eigenvalue weighted by molar-refractivity contribution is 5.90. The molecule has 8 heteroatoms. The van der Waals surface area contributed by atoms with Crippen molar-refractivity contribution in [2.75, 3.05) is 0 Å². The van der Waals surface area contributed by atoms with Crippen LogP contribution in [0.3, 0.4) is 0 Å². The number of carboxylic acid groups (broad SMARTS) is 2. The molecule has 0 heterocycles. The SMILES string of the molecule is CCC1=C(C(=O)O)C[C@@H]([N+](=O)[O-])[C@](C(=O)O)(C(C)(C)C)[C@H]1OC(CC)CC. The number of aliphatic carboxylic acids is 2. The number of nitro groups is 1. The van der Waals surface area contributed by atoms with Gasteiger partial charge in [-0.3, -0.25) is 14.9 Å². The van der Waals surface area contributed by atoms with Crippen molar-refractivity contribution in [2.24, 2.45) is 10.8 Å². The van der Waals surface area contributed by atoms with E-state index in [-0.39, 0.29) is 18.1 Å². The summed E-state index contributed by atoms with van der Waals surface area (Å²) >= 11 is 0. The van der Waals surface area contributed by atoms with Crippen LogP contribution in [0.1, 0.15) is 67.2 Å². The van der Waals surface area contributed by atoms with E-state index in [0.717, 1.165) is 0 Å². The predicted molar refractivity (Wildman–Crippen MR) is 99.1 cm³/mol. The summed E-state index contributed by atoms with van der Waals surface area (Å²) < 4.78 is 6.15. The lowest BCUT2D eigenvalue weighted by Gasteiger charge is -2.50. The molecule has 2 N–H and O–H groups in total. The van der Waals surface area contributed by atoms with E-state index in [2.05, 4.69) is 0 Å². The molecule has 0 aromatic rings. The molecular weight excluding hydrogens is 354 g/mol. The zero-order valence-corrected chi connectivity index (χ0v) is 16.9. The van der Waals surface area contributed by atoms with Crippen LogP contribution in [0.5, 0.6) is 0 Å². The molecule has 1 aliphatic rings. The van der Waals surface area contributed by atoms with Crippen molar-refractivity contribution in [1.82, 2.24) is 0 Å². The van der Waals surface area contributed by atoms with Gasteiger partial charge in [-0.05, 0) is 30.3 Å². The summed E-state index contributed by atoms with van der Waals surface area (Å²) in [5.41, 5.74) is -2.69. The van der Waals surface area contributed by atoms with Crippen molar-refractivity contribution >= 4 is 11.9 Å². The fourth-order valence-electron chi connectivity index (χ4n) is 4.29. The number of ether oxygens (including phenoxy) is 1. The van der Waals surface area contributed by atoms with Crippen LogP contribution in [0, 0.1) is 20.9 Å². The zero-order chi connectivity index (χ0) is 21.2. The molecule has 3 atom stereocenters. The molecule has 0 radical (unpaired) electrons. The predicted octanol–water partition coefficient (Wildman–Crippen LogP) is 3.52. The average Bonchev–Trinajstić information content (AvgIpc) is 2.56. The second-order valence-corrected chi connectivity index (χ2v) is 8.05. The van der Waals surface area contributed by atoms with E-state index in [0.29, 0.717) is 18.4 Å². The first kappa shape index (κ1) is 23.1. The first-order valence-corrected chi connectivity index (χ1v) is 9.37. The number of hydrogen-bond donors (Lipinski definition) is 2. The minimum absolute atomic E-state index is 0.101. The third-order valence-electron chi connectivity index (χ3n) is 5.77. The molecule has 0 saturated heterocycles. The Morgan fingerprint density at radius 1 is 1.26 bits per heavy atom. The molecule has 0 spiro atoms. The van der Waals surface area contributed by atoms with Gasteiger partial charge in [0.1, 0.15) is 6.10 Å². The molecule has 0 aromatic carbocycles. The highest BCUT2D eigenvalue weighted by atomic mass is 16.6. The van der Waals surface area contributed by atoms with Gasteiger partial charge in [-0.25, -0.2) is 4.79 Å². The van der Waals surface area contributed by atoms with Gasteiger partial charge in [-0.2, -0.15) is 0 Å². The summed E-state index contributed by atoms with van der Waals surface area (Å²) in [6.45, 7) is 10.4. The summed E-state index contributed by atoms with van der Waals surface area (Å²) in [5, 5.41) is 31.8. The van der Waals surface area contributed by atoms with E-state index in [1.807, 2.05) is 13.8 Å². The molecule has 0 bridgehead atoms. The summed E-state index contributed by atoms with van der Waals surface area (Å²) in [7, 11) is 0. The van der Waals surface area contributed by atoms with Gasteiger partial charge in [0, 0.05) is 16.9 Å². The van der Waals surface area contributed by atoms with Gasteiger partial charge >= 0.3 is 11.9 Å². The van der Waals surface area contributed by atoms with Gasteiger partial charge in [0.05, 0.1) is 6.10 Å². The van der Waals surface area contributed by atoms with Crippen molar-refractivity contribution < 1.29 is 29.5 Å². The normalized spacial score (nSPS) is 26.3. The van der Waals surface area contributed by atoms with Crippen LogP contribution < -0.4 is 0 Å². The quantitative estimate of drug-likeness (QED) is 0.483. The Balaban J connectivity index is 3.91. The van der Waals surface area contributed by atoms with Gasteiger partial charge in [0.25, 0.3) is 0 Å². The van der Waals surface area contributed by atoms with E-state index in [4.69, 9.17) is 4.74 Å². The summed E-state index contributed by atoms with van der Waals surface area (Å²) in [6.07, 6.45) is -0.497. The topological polar surface area (TPSA) is 127 Å². The number of nitrogens with zero attached hydrogens (tertiary/aromatic N) is 1. The first-order valence-electron chi connectivity index (χ1n) is 9.37. The lowest BCUT2D eigenvalue weighted by Crippen LogP contribution is -2.65. The Kier molecular flexibility index (Phi) is 7.16. The summed E-state index contributed by atoms with van der Waals surface area (Å²) in [4.78, 5) is 35.7. The van der Waals surface area contributed by atoms with Crippen LogP contribution in [0.4, 0.5) is 0 Å². The Morgan fingerprint density at radius 3 is 2.07 bits per heavy atom. The first-order chi connectivity index (χ1) is 12.4. The van der Waals surface area contributed by atoms with E-state index in [1.165, 1.54) is 0 Å². The molecule has 0 amide bonds. The van der Waals surface area contributed by atoms with Crippen molar-refractivity contribution in [3.63, 3.8) is 0 Å². The van der Waals surface area contributed by atoms with Crippen LogP contribution in [0.25, 0.3) is 0 Å². The van der Waals surface area contributed by atoms with Crippen LogP contribution in [-0.4, -0.2) is 45.3 Å². The van der Waals surface area contributed by atoms with Gasteiger partial charge in [-0.15, -0.1) is 0 Å². The smallest absolute Gasteiger partial charge is 0.331 e. The largest absolute Gasteiger partial charge is 0.481 e. The fourth-order valence-corrected chi connectivity index (χ4v) is 4.29. The maximum absolute atomic E-state index is 12.6. The lowest BCUT2D eigenvalue weighted by molar-refractivity contribution is -0.548. The minimum atomic E-state index is -1.89. The molecule has 0 unspecified atom stereocenters. The molecule has 1 rings (SSSR count). The maximum Gasteiger partial charge on any atom is 0.331 e. The third kappa shape index (κ3) is 3.85. The number of carbonyl (C=O) groups is 2. The highest BCUT2D eigenvalue weighted by Crippen LogP contribution is 2.54. The Labute approximate surface area is 159 Å².